The van der Waals surface area contributed by atoms with Crippen molar-refractivity contribution in [2.24, 2.45) is 5.92 Å². The normalized spacial score (nSPS) is 15.7. The molecule has 0 aromatic heterocycles. The Morgan fingerprint density at radius 3 is 2.70 bits per heavy atom. The van der Waals surface area contributed by atoms with Gasteiger partial charge in [-0.25, -0.2) is 0 Å². The number of benzene rings is 1. The van der Waals surface area contributed by atoms with Gasteiger partial charge >= 0.3 is 5.97 Å². The molecule has 0 spiro atoms. The van der Waals surface area contributed by atoms with Gasteiger partial charge in [-0.15, -0.1) is 0 Å². The van der Waals surface area contributed by atoms with E-state index in [9.17, 15) is 9.59 Å². The summed E-state index contributed by atoms with van der Waals surface area (Å²) in [6, 6.07) is 7.52. The molecule has 1 atom stereocenters. The molecule has 1 unspecified atom stereocenters. The van der Waals surface area contributed by atoms with Crippen LogP contribution in [-0.2, 0) is 16.0 Å². The molecule has 0 aliphatic heterocycles. The van der Waals surface area contributed by atoms with E-state index in [-0.39, 0.29) is 24.4 Å². The van der Waals surface area contributed by atoms with Crippen molar-refractivity contribution in [3.8, 4) is 0 Å². The molecule has 5 heteroatoms. The van der Waals surface area contributed by atoms with E-state index in [1.807, 2.05) is 25.1 Å². The Hall–Kier alpha value is -1.55. The average Bonchev–Trinajstić information content (AvgIpc) is 3.19. The number of rotatable bonds is 6. The lowest BCUT2D eigenvalue weighted by Gasteiger charge is -2.24. The molecular weight excluding hydrogens is 278 g/mol. The Labute approximate surface area is 123 Å². The van der Waals surface area contributed by atoms with Crippen LogP contribution in [0.3, 0.4) is 0 Å². The van der Waals surface area contributed by atoms with Crippen molar-refractivity contribution in [1.29, 1.82) is 0 Å². The van der Waals surface area contributed by atoms with Gasteiger partial charge in [0.05, 0.1) is 0 Å². The van der Waals surface area contributed by atoms with Gasteiger partial charge in [-0.05, 0) is 37.0 Å². The van der Waals surface area contributed by atoms with E-state index in [0.717, 1.165) is 18.4 Å². The van der Waals surface area contributed by atoms with Crippen LogP contribution in [0.4, 0.5) is 0 Å². The molecule has 1 saturated carbocycles. The lowest BCUT2D eigenvalue weighted by Crippen LogP contribution is -2.41. The molecule has 1 amide bonds. The summed E-state index contributed by atoms with van der Waals surface area (Å²) in [7, 11) is 0. The van der Waals surface area contributed by atoms with Crippen molar-refractivity contribution in [1.82, 2.24) is 4.90 Å². The summed E-state index contributed by atoms with van der Waals surface area (Å²) in [4.78, 5) is 24.7. The molecule has 4 nitrogen and oxygen atoms in total. The summed E-state index contributed by atoms with van der Waals surface area (Å²) in [5.41, 5.74) is 0.990. The third kappa shape index (κ3) is 3.97. The number of amides is 1. The van der Waals surface area contributed by atoms with Crippen molar-refractivity contribution >= 4 is 23.5 Å². The number of halogens is 1. The van der Waals surface area contributed by atoms with Crippen molar-refractivity contribution in [2.45, 2.75) is 32.2 Å². The molecule has 1 aromatic rings. The molecule has 108 valence electrons. The number of hydrogen-bond donors (Lipinski definition) is 1. The maximum atomic E-state index is 12.4. The fourth-order valence-electron chi connectivity index (χ4n) is 2.31. The summed E-state index contributed by atoms with van der Waals surface area (Å²) in [6.45, 7) is 1.63. The number of carboxylic acid groups (broad SMARTS) is 1. The number of carboxylic acids is 1. The van der Waals surface area contributed by atoms with E-state index >= 15 is 0 Å². The first-order valence-electron chi connectivity index (χ1n) is 6.74. The molecule has 0 saturated heterocycles. The Balaban J connectivity index is 2.01. The molecule has 1 aromatic carbocycles. The number of nitrogens with zero attached hydrogens (tertiary/aromatic N) is 1. The van der Waals surface area contributed by atoms with Gasteiger partial charge in [-0.2, -0.15) is 0 Å². The zero-order valence-corrected chi connectivity index (χ0v) is 12.1. The highest BCUT2D eigenvalue weighted by molar-refractivity contribution is 6.30. The minimum Gasteiger partial charge on any atom is -0.480 e. The lowest BCUT2D eigenvalue weighted by molar-refractivity contribution is -0.146. The molecule has 2 rings (SSSR count). The average molecular weight is 296 g/mol. The SMILES string of the molecule is CC(Cc1cccc(Cl)c1)C(=O)N(CC(=O)O)C1CC1. The number of aliphatic carboxylic acids is 1. The maximum absolute atomic E-state index is 12.4. The minimum atomic E-state index is -0.958. The van der Waals surface area contributed by atoms with Crippen molar-refractivity contribution in [3.63, 3.8) is 0 Å². The van der Waals surface area contributed by atoms with E-state index in [2.05, 4.69) is 0 Å². The smallest absolute Gasteiger partial charge is 0.323 e. The maximum Gasteiger partial charge on any atom is 0.323 e. The molecule has 20 heavy (non-hydrogen) atoms. The minimum absolute atomic E-state index is 0.0881. The second-order valence-electron chi connectivity index (χ2n) is 5.33. The summed E-state index contributed by atoms with van der Waals surface area (Å²) in [6.07, 6.45) is 2.38. The molecular formula is C15H18ClNO3. The van der Waals surface area contributed by atoms with Crippen LogP contribution in [0.1, 0.15) is 25.3 Å². The van der Waals surface area contributed by atoms with Crippen LogP contribution in [0.2, 0.25) is 5.02 Å². The fourth-order valence-corrected chi connectivity index (χ4v) is 2.52. The van der Waals surface area contributed by atoms with Gasteiger partial charge < -0.3 is 10.0 Å². The van der Waals surface area contributed by atoms with Crippen LogP contribution in [0, 0.1) is 5.92 Å². The van der Waals surface area contributed by atoms with Crippen LogP contribution < -0.4 is 0 Å². The van der Waals surface area contributed by atoms with Gasteiger partial charge in [-0.1, -0.05) is 30.7 Å². The quantitative estimate of drug-likeness (QED) is 0.877. The monoisotopic (exact) mass is 295 g/mol. The van der Waals surface area contributed by atoms with Gasteiger partial charge in [-0.3, -0.25) is 9.59 Å². The molecule has 1 aliphatic carbocycles. The van der Waals surface area contributed by atoms with Crippen molar-refractivity contribution in [3.05, 3.63) is 34.9 Å². The predicted octanol–water partition coefficient (Wildman–Crippen LogP) is 2.59. The Bertz CT molecular complexity index is 514. The van der Waals surface area contributed by atoms with Crippen molar-refractivity contribution < 1.29 is 14.7 Å². The van der Waals surface area contributed by atoms with Crippen LogP contribution in [0.5, 0.6) is 0 Å². The van der Waals surface area contributed by atoms with E-state index < -0.39 is 5.97 Å². The Morgan fingerprint density at radius 1 is 1.45 bits per heavy atom. The standard InChI is InChI=1S/C15H18ClNO3/c1-10(7-11-3-2-4-12(16)8-11)15(20)17(9-14(18)19)13-5-6-13/h2-4,8,10,13H,5-7,9H2,1H3,(H,18,19). The van der Waals surface area contributed by atoms with Crippen LogP contribution in [0.25, 0.3) is 0 Å². The van der Waals surface area contributed by atoms with Gasteiger partial charge in [0, 0.05) is 17.0 Å². The van der Waals surface area contributed by atoms with Gasteiger partial charge in [0.15, 0.2) is 0 Å². The van der Waals surface area contributed by atoms with Crippen LogP contribution >= 0.6 is 11.6 Å². The highest BCUT2D eigenvalue weighted by Crippen LogP contribution is 2.28. The first-order chi connectivity index (χ1) is 9.47. The molecule has 0 radical (unpaired) electrons. The summed E-state index contributed by atoms with van der Waals surface area (Å²) >= 11 is 5.93. The Morgan fingerprint density at radius 2 is 2.15 bits per heavy atom. The molecule has 0 heterocycles. The second kappa shape index (κ2) is 6.27. The first-order valence-corrected chi connectivity index (χ1v) is 7.12. The highest BCUT2D eigenvalue weighted by atomic mass is 35.5. The van der Waals surface area contributed by atoms with Gasteiger partial charge in [0.25, 0.3) is 0 Å². The number of carbonyl (C=O) groups excluding carboxylic acids is 1. The summed E-state index contributed by atoms with van der Waals surface area (Å²) in [5.74, 6) is -1.29. The summed E-state index contributed by atoms with van der Waals surface area (Å²) < 4.78 is 0. The predicted molar refractivity (Wildman–Crippen MR) is 76.7 cm³/mol. The largest absolute Gasteiger partial charge is 0.480 e. The van der Waals surface area contributed by atoms with Gasteiger partial charge in [0.1, 0.15) is 6.54 Å². The van der Waals surface area contributed by atoms with E-state index in [4.69, 9.17) is 16.7 Å². The third-order valence-electron chi connectivity index (χ3n) is 3.43. The van der Waals surface area contributed by atoms with E-state index in [1.54, 1.807) is 6.07 Å². The van der Waals surface area contributed by atoms with Gasteiger partial charge in [0.2, 0.25) is 5.91 Å². The molecule has 0 bridgehead atoms. The Kier molecular flexibility index (Phi) is 4.65. The topological polar surface area (TPSA) is 57.6 Å². The first kappa shape index (κ1) is 14.9. The molecule has 1 aliphatic rings. The van der Waals surface area contributed by atoms with E-state index in [1.165, 1.54) is 4.90 Å². The highest BCUT2D eigenvalue weighted by Gasteiger charge is 2.35. The number of hydrogen-bond acceptors (Lipinski definition) is 2. The van der Waals surface area contributed by atoms with Crippen LogP contribution in [-0.4, -0.2) is 34.5 Å². The fraction of sp³-hybridized carbons (Fsp3) is 0.467. The van der Waals surface area contributed by atoms with E-state index in [0.29, 0.717) is 11.4 Å². The summed E-state index contributed by atoms with van der Waals surface area (Å²) in [5, 5.41) is 9.55. The molecule has 1 fully saturated rings. The lowest BCUT2D eigenvalue weighted by atomic mass is 9.99. The number of carbonyl (C=O) groups is 2. The third-order valence-corrected chi connectivity index (χ3v) is 3.66. The zero-order chi connectivity index (χ0) is 14.7. The van der Waals surface area contributed by atoms with Crippen molar-refractivity contribution in [2.75, 3.05) is 6.54 Å². The zero-order valence-electron chi connectivity index (χ0n) is 11.4. The molecule has 1 N–H and O–H groups in total. The second-order valence-corrected chi connectivity index (χ2v) is 5.76. The van der Waals surface area contributed by atoms with Crippen LogP contribution in [0.15, 0.2) is 24.3 Å².